The van der Waals surface area contributed by atoms with Crippen molar-refractivity contribution in [3.63, 3.8) is 0 Å². The normalized spacial score (nSPS) is 39.7. The van der Waals surface area contributed by atoms with Crippen LogP contribution < -0.4 is 18.9 Å². The maximum Gasteiger partial charge on any atom is 1.00 e. The van der Waals surface area contributed by atoms with Gasteiger partial charge >= 0.3 is 100 Å². The molecule has 0 bridgehead atoms. The average molecular weight is 961 g/mol. The standard InChI is InChI=1S/2C10H14.2C10H20.3CH3.5ClH.Li.2Zr/c2*1-8-6-7-9-4-2-3-5-10(8)9;2*1-6-7(2)9(4)10(5)8(6)3;;;;;;;;;;;/h2*2-5,8-10H,6-7H2,1H3;2*6-10H,1-5H3;3*1H3;5*1H;;;/q;;;;3*-1;;;;;;+1;+3;+4/p-5. The molecule has 6 aliphatic carbocycles. The quantitative estimate of drug-likeness (QED) is 0.168. The Morgan fingerprint density at radius 1 is 0.412 bits per heavy atom. The third kappa shape index (κ3) is 19.9. The summed E-state index contributed by atoms with van der Waals surface area (Å²) in [5, 5.41) is 0. The van der Waals surface area contributed by atoms with E-state index in [9.17, 15) is 0 Å². The third-order valence-electron chi connectivity index (χ3n) is 14.1. The molecule has 4 saturated carbocycles. The molecule has 0 nitrogen and oxygen atoms in total. The molecule has 0 radical (unpaired) electrons. The third-order valence-corrected chi connectivity index (χ3v) is 14.1. The summed E-state index contributed by atoms with van der Waals surface area (Å²) in [5.74, 6) is 14.7. The molecule has 0 aromatic carbocycles. The molecule has 0 N–H and O–H groups in total. The second-order valence-corrected chi connectivity index (χ2v) is 30.9. The Morgan fingerprint density at radius 2 is 0.588 bits per heavy atom. The van der Waals surface area contributed by atoms with E-state index in [0.717, 1.165) is 94.7 Å². The number of fused-ring (bicyclic) bond motifs is 2. The van der Waals surface area contributed by atoms with E-state index in [1.807, 2.05) is 0 Å². The van der Waals surface area contributed by atoms with E-state index in [4.69, 9.17) is 42.6 Å². The van der Waals surface area contributed by atoms with Crippen molar-refractivity contribution in [2.75, 3.05) is 0 Å². The minimum absolute atomic E-state index is 0. The average Bonchev–Trinajstić information content (AvgIpc) is 3.72. The SMILES string of the molecule is CC1C(C)C(C)C(C)C1C.CC1C(C)C(C)C(C)C1C.CC1CCC2C=CC=CC12.CC1CCC2C=CC=CC12.[CH3-].[CH3-].[CH3-].[Cl][Zr+2][Cl].[Cl][Zr]([Cl])[Cl].[Li+]. The zero-order chi connectivity index (χ0) is 36.0. The van der Waals surface area contributed by atoms with Gasteiger partial charge in [0.15, 0.2) is 0 Å². The molecular formula is C43H77Cl5LiZr2. The second kappa shape index (κ2) is 31.7. The van der Waals surface area contributed by atoms with E-state index >= 15 is 0 Å². The van der Waals surface area contributed by atoms with Crippen LogP contribution in [0.5, 0.6) is 0 Å². The van der Waals surface area contributed by atoms with Gasteiger partial charge in [-0.05, 0) is 120 Å². The first-order valence-corrected chi connectivity index (χ1v) is 34.3. The van der Waals surface area contributed by atoms with Crippen LogP contribution in [0.15, 0.2) is 48.6 Å². The van der Waals surface area contributed by atoms with E-state index in [1.165, 1.54) is 25.7 Å². The smallest absolute Gasteiger partial charge is 1.00 e. The summed E-state index contributed by atoms with van der Waals surface area (Å²) in [4.78, 5) is 0. The number of halogens is 5. The zero-order valence-electron chi connectivity index (χ0n) is 35.6. The fraction of sp³-hybridized carbons (Fsp3) is 0.744. The van der Waals surface area contributed by atoms with Gasteiger partial charge in [0.2, 0.25) is 0 Å². The molecule has 0 amide bonds. The van der Waals surface area contributed by atoms with Crippen molar-refractivity contribution in [1.29, 1.82) is 0 Å². The first-order valence-electron chi connectivity index (χ1n) is 18.5. The summed E-state index contributed by atoms with van der Waals surface area (Å²) in [6.07, 6.45) is 23.9. The van der Waals surface area contributed by atoms with Crippen LogP contribution in [0.25, 0.3) is 0 Å². The predicted octanol–water partition coefficient (Wildman–Crippen LogP) is 13.7. The summed E-state index contributed by atoms with van der Waals surface area (Å²) in [7, 11) is 24.9. The molecule has 0 aromatic rings. The van der Waals surface area contributed by atoms with Gasteiger partial charge < -0.3 is 22.3 Å². The second-order valence-electron chi connectivity index (χ2n) is 16.0. The van der Waals surface area contributed by atoms with Crippen LogP contribution in [0, 0.1) is 117 Å². The molecule has 51 heavy (non-hydrogen) atoms. The molecule has 6 aliphatic rings. The fourth-order valence-corrected chi connectivity index (χ4v) is 9.23. The maximum atomic E-state index is 5.00. The van der Waals surface area contributed by atoms with Crippen LogP contribution in [-0.2, 0) is 39.0 Å². The minimum atomic E-state index is -2.13. The fourth-order valence-electron chi connectivity index (χ4n) is 9.23. The van der Waals surface area contributed by atoms with E-state index in [2.05, 4.69) is 132 Å². The van der Waals surface area contributed by atoms with E-state index in [-0.39, 0.29) is 41.1 Å². The van der Waals surface area contributed by atoms with Crippen molar-refractivity contribution in [2.45, 2.75) is 109 Å². The van der Waals surface area contributed by atoms with Gasteiger partial charge in [0.1, 0.15) is 0 Å². The van der Waals surface area contributed by atoms with Crippen molar-refractivity contribution in [1.82, 2.24) is 0 Å². The van der Waals surface area contributed by atoms with Crippen molar-refractivity contribution in [3.8, 4) is 0 Å². The first kappa shape index (κ1) is 60.5. The largest absolute Gasteiger partial charge is 1.00 e. The molecule has 4 fully saturated rings. The Balaban J connectivity index is -0.000000266. The number of hydrogen-bond donors (Lipinski definition) is 0. The summed E-state index contributed by atoms with van der Waals surface area (Å²) in [5.41, 5.74) is 0. The molecule has 6 atom stereocenters. The van der Waals surface area contributed by atoms with Gasteiger partial charge in [-0.15, -0.1) is 0 Å². The van der Waals surface area contributed by atoms with Gasteiger partial charge in [-0.25, -0.2) is 0 Å². The van der Waals surface area contributed by atoms with Crippen molar-refractivity contribution in [2.24, 2.45) is 94.7 Å². The van der Waals surface area contributed by atoms with E-state index in [1.54, 1.807) is 0 Å². The molecular weight excluding hydrogens is 883 g/mol. The summed E-state index contributed by atoms with van der Waals surface area (Å²) < 4.78 is 0. The van der Waals surface area contributed by atoms with Gasteiger partial charge in [0.05, 0.1) is 0 Å². The van der Waals surface area contributed by atoms with Crippen LogP contribution in [0.3, 0.4) is 0 Å². The van der Waals surface area contributed by atoms with Crippen molar-refractivity contribution < 1.29 is 57.9 Å². The van der Waals surface area contributed by atoms with Crippen molar-refractivity contribution in [3.05, 3.63) is 70.9 Å². The molecule has 293 valence electrons. The molecule has 8 heteroatoms. The molecule has 0 aromatic heterocycles. The summed E-state index contributed by atoms with van der Waals surface area (Å²) in [6, 6.07) is 0. The monoisotopic (exact) mass is 955 g/mol. The number of allylic oxidation sites excluding steroid dienone is 8. The Labute approximate surface area is 370 Å². The van der Waals surface area contributed by atoms with E-state index in [0.29, 0.717) is 0 Å². The number of rotatable bonds is 0. The minimum Gasteiger partial charge on any atom is 1.00 e. The Kier molecular flexibility index (Phi) is 37.6. The summed E-state index contributed by atoms with van der Waals surface area (Å²) >= 11 is -2.95. The Hall–Kier alpha value is 2.77. The Bertz CT molecular complexity index is 810. The first-order chi connectivity index (χ1) is 22.0. The molecule has 0 saturated heterocycles. The van der Waals surface area contributed by atoms with Gasteiger partial charge in [0.25, 0.3) is 0 Å². The van der Waals surface area contributed by atoms with Crippen molar-refractivity contribution >= 4 is 42.6 Å². The molecule has 0 spiro atoms. The molecule has 0 heterocycles. The van der Waals surface area contributed by atoms with Gasteiger partial charge in [-0.3, -0.25) is 0 Å². The van der Waals surface area contributed by atoms with Crippen LogP contribution >= 0.6 is 42.6 Å². The van der Waals surface area contributed by atoms with Crippen LogP contribution in [-0.4, -0.2) is 0 Å². The number of hydrogen-bond acceptors (Lipinski definition) is 0. The molecule has 6 rings (SSSR count). The molecule has 6 unspecified atom stereocenters. The Morgan fingerprint density at radius 3 is 0.765 bits per heavy atom. The van der Waals surface area contributed by atoms with Gasteiger partial charge in [-0.1, -0.05) is 132 Å². The van der Waals surface area contributed by atoms with Crippen LogP contribution in [0.2, 0.25) is 0 Å². The van der Waals surface area contributed by atoms with Gasteiger partial charge in [0, 0.05) is 0 Å². The van der Waals surface area contributed by atoms with Crippen LogP contribution in [0.4, 0.5) is 0 Å². The molecule has 0 aliphatic heterocycles. The van der Waals surface area contributed by atoms with E-state index < -0.39 is 39.0 Å². The maximum absolute atomic E-state index is 5.00. The van der Waals surface area contributed by atoms with Gasteiger partial charge in [-0.2, -0.15) is 0 Å². The predicted molar refractivity (Wildman–Crippen MR) is 227 cm³/mol. The zero-order valence-corrected chi connectivity index (χ0v) is 44.3. The van der Waals surface area contributed by atoms with Crippen LogP contribution in [0.1, 0.15) is 109 Å². The summed E-state index contributed by atoms with van der Waals surface area (Å²) in [6.45, 7) is 28.7. The topological polar surface area (TPSA) is 0 Å².